The Labute approximate surface area is 162 Å². The van der Waals surface area contributed by atoms with Gasteiger partial charge in [-0.25, -0.2) is 0 Å². The third-order valence-electron chi connectivity index (χ3n) is 5.18. The van der Waals surface area contributed by atoms with Crippen LogP contribution >= 0.6 is 0 Å². The molecule has 1 amide bonds. The molecule has 2 aromatic rings. The molecule has 0 saturated carbocycles. The molecule has 5 heteroatoms. The molecule has 5 nitrogen and oxygen atoms in total. The minimum Gasteiger partial charge on any atom is -0.349 e. The van der Waals surface area contributed by atoms with E-state index >= 15 is 0 Å². The molecule has 2 unspecified atom stereocenters. The maximum Gasteiger partial charge on any atom is 0.237 e. The van der Waals surface area contributed by atoms with Gasteiger partial charge in [0.1, 0.15) is 0 Å². The van der Waals surface area contributed by atoms with Gasteiger partial charge in [-0.1, -0.05) is 38.3 Å². The summed E-state index contributed by atoms with van der Waals surface area (Å²) < 4.78 is 0. The van der Waals surface area contributed by atoms with E-state index in [4.69, 9.17) is 0 Å². The number of nitrogens with one attached hydrogen (secondary N) is 2. The SMILES string of the molecule is CCCCCC(NC1CCCc2cccnc21)C(=O)NCc1ccccn1. The lowest BCUT2D eigenvalue weighted by Crippen LogP contribution is -2.46. The molecule has 1 aliphatic rings. The number of rotatable bonds is 9. The second kappa shape index (κ2) is 10.2. The largest absolute Gasteiger partial charge is 0.349 e. The van der Waals surface area contributed by atoms with Crippen molar-refractivity contribution in [2.75, 3.05) is 0 Å². The van der Waals surface area contributed by atoms with Crippen LogP contribution in [0.4, 0.5) is 0 Å². The van der Waals surface area contributed by atoms with Crippen LogP contribution in [0.5, 0.6) is 0 Å². The lowest BCUT2D eigenvalue weighted by atomic mass is 9.91. The third-order valence-corrected chi connectivity index (χ3v) is 5.18. The van der Waals surface area contributed by atoms with E-state index in [1.165, 1.54) is 5.56 Å². The van der Waals surface area contributed by atoms with Gasteiger partial charge >= 0.3 is 0 Å². The first-order valence-electron chi connectivity index (χ1n) is 10.2. The van der Waals surface area contributed by atoms with E-state index in [0.717, 1.165) is 56.3 Å². The van der Waals surface area contributed by atoms with E-state index in [1.54, 1.807) is 6.20 Å². The molecule has 0 spiro atoms. The highest BCUT2D eigenvalue weighted by Gasteiger charge is 2.26. The van der Waals surface area contributed by atoms with Gasteiger partial charge in [0.2, 0.25) is 5.91 Å². The number of nitrogens with zero attached hydrogens (tertiary/aromatic N) is 2. The average Bonchev–Trinajstić information content (AvgIpc) is 2.72. The van der Waals surface area contributed by atoms with Crippen LogP contribution in [0.25, 0.3) is 0 Å². The number of aromatic nitrogens is 2. The Kier molecular flexibility index (Phi) is 7.34. The van der Waals surface area contributed by atoms with E-state index in [1.807, 2.05) is 30.5 Å². The lowest BCUT2D eigenvalue weighted by molar-refractivity contribution is -0.123. The quantitative estimate of drug-likeness (QED) is 0.664. The number of hydrogen-bond acceptors (Lipinski definition) is 4. The van der Waals surface area contributed by atoms with Gasteiger partial charge < -0.3 is 5.32 Å². The molecule has 0 aromatic carbocycles. The summed E-state index contributed by atoms with van der Waals surface area (Å²) in [5.74, 6) is 0.0554. The number of carbonyl (C=O) groups is 1. The van der Waals surface area contributed by atoms with Crippen molar-refractivity contribution in [1.29, 1.82) is 0 Å². The van der Waals surface area contributed by atoms with Crippen LogP contribution < -0.4 is 10.6 Å². The number of carbonyl (C=O) groups excluding carboxylic acids is 1. The van der Waals surface area contributed by atoms with E-state index in [0.29, 0.717) is 6.54 Å². The molecule has 2 heterocycles. The molecule has 0 bridgehead atoms. The second-order valence-corrected chi connectivity index (χ2v) is 7.25. The van der Waals surface area contributed by atoms with Gasteiger partial charge in [0.15, 0.2) is 0 Å². The van der Waals surface area contributed by atoms with Crippen molar-refractivity contribution in [3.63, 3.8) is 0 Å². The second-order valence-electron chi connectivity index (χ2n) is 7.25. The molecule has 144 valence electrons. The number of hydrogen-bond donors (Lipinski definition) is 2. The maximum atomic E-state index is 12.9. The van der Waals surface area contributed by atoms with Gasteiger partial charge in [-0.15, -0.1) is 0 Å². The van der Waals surface area contributed by atoms with Gasteiger partial charge in [0, 0.05) is 12.4 Å². The summed E-state index contributed by atoms with van der Waals surface area (Å²) in [5.41, 5.74) is 3.30. The van der Waals surface area contributed by atoms with Crippen LogP contribution in [0.3, 0.4) is 0 Å². The molecule has 0 aliphatic heterocycles. The van der Waals surface area contributed by atoms with Crippen LogP contribution in [0.2, 0.25) is 0 Å². The van der Waals surface area contributed by atoms with Crippen LogP contribution in [-0.2, 0) is 17.8 Å². The minimum atomic E-state index is -0.196. The molecule has 3 rings (SSSR count). The first kappa shape index (κ1) is 19.5. The zero-order valence-electron chi connectivity index (χ0n) is 16.2. The van der Waals surface area contributed by atoms with E-state index in [-0.39, 0.29) is 18.0 Å². The lowest BCUT2D eigenvalue weighted by Gasteiger charge is -2.29. The van der Waals surface area contributed by atoms with Gasteiger partial charge in [0.25, 0.3) is 0 Å². The monoisotopic (exact) mass is 366 g/mol. The Bertz CT molecular complexity index is 719. The normalized spacial score (nSPS) is 17.1. The fourth-order valence-electron chi connectivity index (χ4n) is 3.71. The van der Waals surface area contributed by atoms with Crippen molar-refractivity contribution in [2.24, 2.45) is 0 Å². The Hall–Kier alpha value is -2.27. The van der Waals surface area contributed by atoms with Crippen molar-refractivity contribution < 1.29 is 4.79 Å². The van der Waals surface area contributed by atoms with Crippen molar-refractivity contribution in [3.8, 4) is 0 Å². The molecule has 1 aliphatic carbocycles. The summed E-state index contributed by atoms with van der Waals surface area (Å²) in [7, 11) is 0. The van der Waals surface area contributed by atoms with Crippen molar-refractivity contribution in [2.45, 2.75) is 70.5 Å². The van der Waals surface area contributed by atoms with Gasteiger partial charge in [0.05, 0.1) is 30.0 Å². The highest BCUT2D eigenvalue weighted by Crippen LogP contribution is 2.28. The Morgan fingerprint density at radius 1 is 1.19 bits per heavy atom. The zero-order valence-corrected chi connectivity index (χ0v) is 16.2. The summed E-state index contributed by atoms with van der Waals surface area (Å²) in [5, 5.41) is 6.67. The Morgan fingerprint density at radius 3 is 2.89 bits per heavy atom. The predicted octanol–water partition coefficient (Wildman–Crippen LogP) is 3.71. The number of aryl methyl sites for hydroxylation is 1. The molecule has 0 fully saturated rings. The van der Waals surface area contributed by atoms with E-state index in [2.05, 4.69) is 33.6 Å². The van der Waals surface area contributed by atoms with Crippen molar-refractivity contribution in [1.82, 2.24) is 20.6 Å². The smallest absolute Gasteiger partial charge is 0.237 e. The van der Waals surface area contributed by atoms with Gasteiger partial charge in [-0.3, -0.25) is 20.1 Å². The third kappa shape index (κ3) is 5.60. The molecule has 27 heavy (non-hydrogen) atoms. The Balaban J connectivity index is 1.65. The van der Waals surface area contributed by atoms with Crippen molar-refractivity contribution >= 4 is 5.91 Å². The summed E-state index contributed by atoms with van der Waals surface area (Å²) in [6, 6.07) is 9.87. The fraction of sp³-hybridized carbons (Fsp3) is 0.500. The highest BCUT2D eigenvalue weighted by molar-refractivity contribution is 5.81. The molecule has 0 saturated heterocycles. The summed E-state index contributed by atoms with van der Waals surface area (Å²) in [6.45, 7) is 2.65. The standard InChI is InChI=1S/C22H30N4O/c1-2-3-4-12-20(22(27)25-16-18-11-5-6-14-23-18)26-19-13-7-9-17-10-8-15-24-21(17)19/h5-6,8,10-11,14-15,19-20,26H,2-4,7,9,12-13,16H2,1H3,(H,25,27). The summed E-state index contributed by atoms with van der Waals surface area (Å²) >= 11 is 0. The molecule has 2 atom stereocenters. The molecular weight excluding hydrogens is 336 g/mol. The average molecular weight is 367 g/mol. The van der Waals surface area contributed by atoms with Gasteiger partial charge in [-0.2, -0.15) is 0 Å². The summed E-state index contributed by atoms with van der Waals surface area (Å²) in [4.78, 5) is 21.8. The molecule has 0 radical (unpaired) electrons. The maximum absolute atomic E-state index is 12.9. The van der Waals surface area contributed by atoms with Crippen LogP contribution in [0, 0.1) is 0 Å². The van der Waals surface area contributed by atoms with E-state index < -0.39 is 0 Å². The van der Waals surface area contributed by atoms with Crippen molar-refractivity contribution in [3.05, 3.63) is 59.7 Å². The first-order chi connectivity index (χ1) is 13.3. The number of fused-ring (bicyclic) bond motifs is 1. The number of amides is 1. The Morgan fingerprint density at radius 2 is 2.07 bits per heavy atom. The zero-order chi connectivity index (χ0) is 18.9. The van der Waals surface area contributed by atoms with E-state index in [9.17, 15) is 4.79 Å². The van der Waals surface area contributed by atoms with Crippen LogP contribution in [-0.4, -0.2) is 21.9 Å². The molecular formula is C22H30N4O. The number of unbranched alkanes of at least 4 members (excludes halogenated alkanes) is 2. The highest BCUT2D eigenvalue weighted by atomic mass is 16.2. The van der Waals surface area contributed by atoms with Crippen LogP contribution in [0.15, 0.2) is 42.7 Å². The van der Waals surface area contributed by atoms with Gasteiger partial charge in [-0.05, 0) is 49.4 Å². The topological polar surface area (TPSA) is 66.9 Å². The molecule has 2 N–H and O–H groups in total. The molecule has 2 aromatic heterocycles. The number of pyridine rings is 2. The fourth-order valence-corrected chi connectivity index (χ4v) is 3.71. The minimum absolute atomic E-state index is 0.0554. The summed E-state index contributed by atoms with van der Waals surface area (Å²) in [6.07, 6.45) is 11.0. The van der Waals surface area contributed by atoms with Crippen LogP contribution in [0.1, 0.15) is 68.4 Å². The predicted molar refractivity (Wildman–Crippen MR) is 107 cm³/mol. The first-order valence-corrected chi connectivity index (χ1v) is 10.2.